The summed E-state index contributed by atoms with van der Waals surface area (Å²) in [6.45, 7) is 0. The fourth-order valence-electron chi connectivity index (χ4n) is 2.50. The van der Waals surface area contributed by atoms with Crippen LogP contribution in [0.25, 0.3) is 0 Å². The molecular weight excluding hydrogens is 194 g/mol. The van der Waals surface area contributed by atoms with Gasteiger partial charge in [0.1, 0.15) is 5.78 Å². The number of carbonyl (C=O) groups is 1. The lowest BCUT2D eigenvalue weighted by Crippen LogP contribution is -2.41. The Labute approximate surface area is 86.8 Å². The van der Waals surface area contributed by atoms with Crippen molar-refractivity contribution in [3.63, 3.8) is 0 Å². The minimum absolute atomic E-state index is 0.296. The average Bonchev–Trinajstić information content (AvgIpc) is 2.72. The third-order valence-corrected chi connectivity index (χ3v) is 4.31. The molecule has 3 aliphatic carbocycles. The van der Waals surface area contributed by atoms with E-state index in [1.165, 1.54) is 11.5 Å². The minimum atomic E-state index is -0.296. The van der Waals surface area contributed by atoms with Crippen molar-refractivity contribution in [1.29, 1.82) is 0 Å². The Bertz CT molecular complexity index is 395. The van der Waals surface area contributed by atoms with E-state index in [9.17, 15) is 4.79 Å². The number of ketones is 1. The molecule has 2 bridgehead atoms. The van der Waals surface area contributed by atoms with Crippen LogP contribution in [0.4, 0.5) is 0 Å². The fourth-order valence-corrected chi connectivity index (χ4v) is 3.31. The van der Waals surface area contributed by atoms with E-state index in [1.807, 2.05) is 6.07 Å². The number of nitrogens with zero attached hydrogens (tertiary/aromatic N) is 1. The zero-order chi connectivity index (χ0) is 9.60. The molecular formula is C11H11NOS. The first-order valence-electron chi connectivity index (χ1n) is 4.95. The van der Waals surface area contributed by atoms with Gasteiger partial charge in [-0.15, -0.1) is 0 Å². The molecule has 1 heterocycles. The highest BCUT2D eigenvalue weighted by Gasteiger charge is 2.45. The average molecular weight is 205 g/mol. The lowest BCUT2D eigenvalue weighted by molar-refractivity contribution is -0.126. The summed E-state index contributed by atoms with van der Waals surface area (Å²) in [4.78, 5) is 13.1. The van der Waals surface area contributed by atoms with Gasteiger partial charge in [-0.2, -0.15) is 0 Å². The van der Waals surface area contributed by atoms with Crippen molar-refractivity contribution < 1.29 is 4.79 Å². The van der Waals surface area contributed by atoms with Gasteiger partial charge in [0.25, 0.3) is 0 Å². The molecule has 0 aromatic carbocycles. The molecule has 0 N–H and O–H groups in total. The van der Waals surface area contributed by atoms with Gasteiger partial charge in [-0.3, -0.25) is 4.79 Å². The summed E-state index contributed by atoms with van der Waals surface area (Å²) in [5.41, 5.74) is -0.296. The summed E-state index contributed by atoms with van der Waals surface area (Å²) in [6.07, 6.45) is 8.98. The molecule has 0 amide bonds. The molecule has 0 radical (unpaired) electrons. The first kappa shape index (κ1) is 8.36. The van der Waals surface area contributed by atoms with Crippen molar-refractivity contribution in [2.75, 3.05) is 0 Å². The number of allylic oxidation sites excluding steroid dienone is 2. The molecule has 3 aliphatic rings. The van der Waals surface area contributed by atoms with E-state index in [-0.39, 0.29) is 5.41 Å². The van der Waals surface area contributed by atoms with Crippen LogP contribution in [0.2, 0.25) is 0 Å². The maximum absolute atomic E-state index is 12.0. The molecule has 0 aliphatic heterocycles. The molecule has 0 spiro atoms. The fraction of sp³-hybridized carbons (Fsp3) is 0.455. The summed E-state index contributed by atoms with van der Waals surface area (Å²) in [5.74, 6) is 0.901. The Kier molecular flexibility index (Phi) is 1.65. The van der Waals surface area contributed by atoms with E-state index in [0.717, 1.165) is 24.1 Å². The molecule has 0 unspecified atom stereocenters. The molecule has 2 atom stereocenters. The van der Waals surface area contributed by atoms with Crippen molar-refractivity contribution in [3.8, 4) is 0 Å². The third kappa shape index (κ3) is 0.960. The lowest BCUT2D eigenvalue weighted by Gasteiger charge is -2.39. The van der Waals surface area contributed by atoms with Gasteiger partial charge in [-0.1, -0.05) is 12.2 Å². The van der Waals surface area contributed by atoms with Crippen molar-refractivity contribution in [1.82, 2.24) is 4.37 Å². The van der Waals surface area contributed by atoms with Gasteiger partial charge in [-0.05, 0) is 36.4 Å². The first-order valence-corrected chi connectivity index (χ1v) is 5.72. The summed E-state index contributed by atoms with van der Waals surface area (Å²) >= 11 is 1.46. The van der Waals surface area contributed by atoms with Crippen molar-refractivity contribution in [3.05, 3.63) is 29.3 Å². The Hall–Kier alpha value is -0.960. The number of hydrogen-bond donors (Lipinski definition) is 0. The molecule has 72 valence electrons. The predicted octanol–water partition coefficient (Wildman–Crippen LogP) is 2.32. The smallest absolute Gasteiger partial charge is 0.148 e. The van der Waals surface area contributed by atoms with Crippen LogP contribution in [0.15, 0.2) is 24.4 Å². The van der Waals surface area contributed by atoms with Gasteiger partial charge in [0.05, 0.1) is 5.41 Å². The van der Waals surface area contributed by atoms with E-state index in [1.54, 1.807) is 6.20 Å². The second-order valence-corrected chi connectivity index (χ2v) is 4.97. The number of fused-ring (bicyclic) bond motifs is 2. The third-order valence-electron chi connectivity index (χ3n) is 3.39. The summed E-state index contributed by atoms with van der Waals surface area (Å²) < 4.78 is 4.10. The maximum Gasteiger partial charge on any atom is 0.148 e. The topological polar surface area (TPSA) is 30.0 Å². The van der Waals surface area contributed by atoms with Crippen LogP contribution in [-0.2, 0) is 10.2 Å². The van der Waals surface area contributed by atoms with Crippen LogP contribution in [0.1, 0.15) is 24.1 Å². The van der Waals surface area contributed by atoms with Gasteiger partial charge >= 0.3 is 0 Å². The molecule has 0 saturated heterocycles. The van der Waals surface area contributed by atoms with E-state index < -0.39 is 0 Å². The standard InChI is InChI=1S/C11H11NOS/c13-9-7-8-1-4-11(9,5-2-8)10-3-6-12-14-10/h1,3-4,6,8H,2,5,7H2/t8-,11+/m1/s1. The van der Waals surface area contributed by atoms with E-state index in [0.29, 0.717) is 11.7 Å². The molecule has 4 rings (SSSR count). The molecule has 1 fully saturated rings. The minimum Gasteiger partial charge on any atom is -0.298 e. The van der Waals surface area contributed by atoms with Crippen molar-refractivity contribution >= 4 is 17.3 Å². The number of hydrogen-bond acceptors (Lipinski definition) is 3. The van der Waals surface area contributed by atoms with Gasteiger partial charge in [-0.25, -0.2) is 4.37 Å². The SMILES string of the molecule is O=C1C[C@@H]2C=C[C@]1(c1ccns1)CC2. The van der Waals surface area contributed by atoms with E-state index in [2.05, 4.69) is 16.5 Å². The quantitative estimate of drug-likeness (QED) is 0.658. The monoisotopic (exact) mass is 205 g/mol. The van der Waals surface area contributed by atoms with Crippen LogP contribution >= 0.6 is 11.5 Å². The van der Waals surface area contributed by atoms with Gasteiger partial charge in [0.2, 0.25) is 0 Å². The van der Waals surface area contributed by atoms with Crippen molar-refractivity contribution in [2.24, 2.45) is 5.92 Å². The van der Waals surface area contributed by atoms with E-state index >= 15 is 0 Å². The highest BCUT2D eigenvalue weighted by molar-refractivity contribution is 7.06. The van der Waals surface area contributed by atoms with Crippen LogP contribution in [-0.4, -0.2) is 10.2 Å². The molecule has 2 nitrogen and oxygen atoms in total. The molecule has 3 heteroatoms. The number of aromatic nitrogens is 1. The van der Waals surface area contributed by atoms with Crippen LogP contribution in [0, 0.1) is 5.92 Å². The second kappa shape index (κ2) is 2.76. The summed E-state index contributed by atoms with van der Waals surface area (Å²) in [6, 6.07) is 1.98. The molecule has 1 aromatic heterocycles. The summed E-state index contributed by atoms with van der Waals surface area (Å²) in [5, 5.41) is 0. The van der Waals surface area contributed by atoms with Gasteiger partial charge < -0.3 is 0 Å². The number of carbonyl (C=O) groups excluding carboxylic acids is 1. The maximum atomic E-state index is 12.0. The summed E-state index contributed by atoms with van der Waals surface area (Å²) in [7, 11) is 0. The van der Waals surface area contributed by atoms with Gasteiger partial charge in [0, 0.05) is 17.5 Å². The molecule has 1 aromatic rings. The number of rotatable bonds is 1. The Morgan fingerprint density at radius 2 is 2.50 bits per heavy atom. The first-order chi connectivity index (χ1) is 6.81. The van der Waals surface area contributed by atoms with Crippen molar-refractivity contribution in [2.45, 2.75) is 24.7 Å². The van der Waals surface area contributed by atoms with Crippen LogP contribution < -0.4 is 0 Å². The predicted molar refractivity (Wildman–Crippen MR) is 55.3 cm³/mol. The van der Waals surface area contributed by atoms with Gasteiger partial charge in [0.15, 0.2) is 0 Å². The normalized spacial score (nSPS) is 35.1. The molecule has 1 saturated carbocycles. The van der Waals surface area contributed by atoms with Crippen LogP contribution in [0.5, 0.6) is 0 Å². The Morgan fingerprint density at radius 3 is 3.07 bits per heavy atom. The zero-order valence-corrected chi connectivity index (χ0v) is 8.59. The molecule has 14 heavy (non-hydrogen) atoms. The highest BCUT2D eigenvalue weighted by Crippen LogP contribution is 2.45. The second-order valence-electron chi connectivity index (χ2n) is 4.13. The number of Topliss-reactive ketones (excluding diaryl/α,β-unsaturated/α-hetero) is 1. The lowest BCUT2D eigenvalue weighted by atomic mass is 9.64. The Morgan fingerprint density at radius 1 is 1.57 bits per heavy atom. The Balaban J connectivity index is 2.14. The van der Waals surface area contributed by atoms with E-state index in [4.69, 9.17) is 0 Å². The highest BCUT2D eigenvalue weighted by atomic mass is 32.1. The zero-order valence-electron chi connectivity index (χ0n) is 7.77. The van der Waals surface area contributed by atoms with Crippen LogP contribution in [0.3, 0.4) is 0 Å². The largest absolute Gasteiger partial charge is 0.298 e.